The van der Waals surface area contributed by atoms with Gasteiger partial charge in [0, 0.05) is 24.2 Å². The lowest BCUT2D eigenvalue weighted by atomic mass is 10.2. The number of nitrogens with one attached hydrogen (secondary N) is 1. The summed E-state index contributed by atoms with van der Waals surface area (Å²) in [6.45, 7) is 0.434. The van der Waals surface area contributed by atoms with Gasteiger partial charge < -0.3 is 19.9 Å². The van der Waals surface area contributed by atoms with E-state index in [1.165, 1.54) is 12.4 Å². The third kappa shape index (κ3) is 3.59. The Kier molecular flexibility index (Phi) is 4.55. The number of methoxy groups -OCH3 is 2. The molecule has 2 aromatic rings. The van der Waals surface area contributed by atoms with E-state index in [4.69, 9.17) is 14.6 Å². The first-order chi connectivity index (χ1) is 10.1. The van der Waals surface area contributed by atoms with Crippen molar-refractivity contribution >= 4 is 11.8 Å². The second kappa shape index (κ2) is 6.56. The number of rotatable bonds is 6. The number of carboxylic acids is 1. The summed E-state index contributed by atoms with van der Waals surface area (Å²) in [6, 6.07) is 6.84. The lowest BCUT2D eigenvalue weighted by Crippen LogP contribution is -2.06. The first kappa shape index (κ1) is 14.6. The van der Waals surface area contributed by atoms with Crippen LogP contribution in [0.2, 0.25) is 0 Å². The number of aromatic carboxylic acids is 1. The van der Waals surface area contributed by atoms with Crippen molar-refractivity contribution < 1.29 is 19.4 Å². The molecule has 1 heterocycles. The lowest BCUT2D eigenvalue weighted by Gasteiger charge is -2.11. The van der Waals surface area contributed by atoms with Crippen LogP contribution in [0.1, 0.15) is 16.1 Å². The number of aromatic nitrogens is 2. The molecular formula is C14H15N3O4. The number of benzene rings is 1. The number of nitrogens with zero attached hydrogens (tertiary/aromatic N) is 2. The summed E-state index contributed by atoms with van der Waals surface area (Å²) < 4.78 is 10.4. The van der Waals surface area contributed by atoms with Gasteiger partial charge in [-0.1, -0.05) is 0 Å². The Morgan fingerprint density at radius 3 is 2.71 bits per heavy atom. The van der Waals surface area contributed by atoms with Crippen LogP contribution >= 0.6 is 0 Å². The topological polar surface area (TPSA) is 93.6 Å². The number of hydrogen-bond donors (Lipinski definition) is 2. The summed E-state index contributed by atoms with van der Waals surface area (Å²) in [7, 11) is 3.16. The van der Waals surface area contributed by atoms with Gasteiger partial charge in [0.1, 0.15) is 23.6 Å². The summed E-state index contributed by atoms with van der Waals surface area (Å²) >= 11 is 0. The minimum absolute atomic E-state index is 0.0609. The number of anilines is 1. The van der Waals surface area contributed by atoms with Crippen LogP contribution in [-0.2, 0) is 6.54 Å². The zero-order chi connectivity index (χ0) is 15.2. The Hall–Kier alpha value is -2.83. The van der Waals surface area contributed by atoms with E-state index in [9.17, 15) is 4.79 Å². The molecule has 0 amide bonds. The van der Waals surface area contributed by atoms with Crippen molar-refractivity contribution in [2.24, 2.45) is 0 Å². The zero-order valence-electron chi connectivity index (χ0n) is 11.7. The highest BCUT2D eigenvalue weighted by Gasteiger charge is 2.08. The first-order valence-electron chi connectivity index (χ1n) is 6.14. The lowest BCUT2D eigenvalue weighted by molar-refractivity contribution is 0.0690. The molecule has 0 saturated heterocycles. The molecule has 0 radical (unpaired) electrons. The van der Waals surface area contributed by atoms with Gasteiger partial charge in [-0.05, 0) is 12.1 Å². The normalized spacial score (nSPS) is 10.0. The molecule has 0 aliphatic heterocycles. The fourth-order valence-corrected chi connectivity index (χ4v) is 1.75. The smallest absolute Gasteiger partial charge is 0.354 e. The van der Waals surface area contributed by atoms with Crippen LogP contribution in [0, 0.1) is 0 Å². The molecule has 0 saturated carbocycles. The Balaban J connectivity index is 2.12. The van der Waals surface area contributed by atoms with Gasteiger partial charge in [0.2, 0.25) is 0 Å². The maximum atomic E-state index is 10.8. The number of carbonyl (C=O) groups is 1. The van der Waals surface area contributed by atoms with E-state index in [2.05, 4.69) is 15.3 Å². The van der Waals surface area contributed by atoms with Crippen LogP contribution < -0.4 is 14.8 Å². The quantitative estimate of drug-likeness (QED) is 0.837. The first-order valence-corrected chi connectivity index (χ1v) is 6.14. The minimum Gasteiger partial charge on any atom is -0.497 e. The van der Waals surface area contributed by atoms with E-state index in [0.717, 1.165) is 5.56 Å². The Bertz CT molecular complexity index is 646. The average molecular weight is 289 g/mol. The number of hydrogen-bond acceptors (Lipinski definition) is 6. The molecule has 0 aliphatic carbocycles. The van der Waals surface area contributed by atoms with E-state index in [1.54, 1.807) is 20.3 Å². The Labute approximate surface area is 121 Å². The molecule has 0 fully saturated rings. The molecule has 2 rings (SSSR count). The molecule has 1 aromatic heterocycles. The second-order valence-electron chi connectivity index (χ2n) is 4.12. The molecule has 0 unspecified atom stereocenters. The third-order valence-corrected chi connectivity index (χ3v) is 2.84. The summed E-state index contributed by atoms with van der Waals surface area (Å²) in [5.74, 6) is 0.711. The van der Waals surface area contributed by atoms with Crippen LogP contribution in [0.15, 0.2) is 30.6 Å². The molecule has 2 N–H and O–H groups in total. The average Bonchev–Trinajstić information content (AvgIpc) is 2.53. The van der Waals surface area contributed by atoms with Gasteiger partial charge in [-0.15, -0.1) is 0 Å². The monoisotopic (exact) mass is 289 g/mol. The van der Waals surface area contributed by atoms with Gasteiger partial charge in [-0.2, -0.15) is 0 Å². The van der Waals surface area contributed by atoms with Crippen molar-refractivity contribution in [1.29, 1.82) is 0 Å². The van der Waals surface area contributed by atoms with Crippen molar-refractivity contribution in [2.75, 3.05) is 19.5 Å². The SMILES string of the molecule is COc1ccc(CNc2cc(C(=O)O)ncn2)c(OC)c1. The molecule has 110 valence electrons. The highest BCUT2D eigenvalue weighted by Crippen LogP contribution is 2.25. The number of carboxylic acid groups (broad SMARTS) is 1. The van der Waals surface area contributed by atoms with Crippen molar-refractivity contribution in [1.82, 2.24) is 9.97 Å². The molecule has 7 nitrogen and oxygen atoms in total. The van der Waals surface area contributed by atoms with Crippen molar-refractivity contribution in [3.05, 3.63) is 41.9 Å². The maximum absolute atomic E-state index is 10.8. The van der Waals surface area contributed by atoms with Crippen molar-refractivity contribution in [2.45, 2.75) is 6.54 Å². The molecular weight excluding hydrogens is 274 g/mol. The highest BCUT2D eigenvalue weighted by molar-refractivity contribution is 5.85. The van der Waals surface area contributed by atoms with Gasteiger partial charge in [0.15, 0.2) is 5.69 Å². The Morgan fingerprint density at radius 2 is 2.05 bits per heavy atom. The fraction of sp³-hybridized carbons (Fsp3) is 0.214. The van der Waals surface area contributed by atoms with Crippen molar-refractivity contribution in [3.8, 4) is 11.5 Å². The largest absolute Gasteiger partial charge is 0.497 e. The third-order valence-electron chi connectivity index (χ3n) is 2.84. The molecule has 21 heavy (non-hydrogen) atoms. The standard InChI is InChI=1S/C14H15N3O4/c1-20-10-4-3-9(12(5-10)21-2)7-15-13-6-11(14(18)19)16-8-17-13/h3-6,8H,7H2,1-2H3,(H,18,19)(H,15,16,17). The Morgan fingerprint density at radius 1 is 1.24 bits per heavy atom. The van der Waals surface area contributed by atoms with Crippen LogP contribution in [0.3, 0.4) is 0 Å². The van der Waals surface area contributed by atoms with Crippen LogP contribution in [0.5, 0.6) is 11.5 Å². The highest BCUT2D eigenvalue weighted by atomic mass is 16.5. The molecule has 0 aliphatic rings. The zero-order valence-corrected chi connectivity index (χ0v) is 11.7. The summed E-state index contributed by atoms with van der Waals surface area (Å²) in [5, 5.41) is 11.9. The van der Waals surface area contributed by atoms with Crippen LogP contribution in [0.4, 0.5) is 5.82 Å². The molecule has 0 atom stereocenters. The van der Waals surface area contributed by atoms with Crippen molar-refractivity contribution in [3.63, 3.8) is 0 Å². The molecule has 1 aromatic carbocycles. The molecule has 0 bridgehead atoms. The fourth-order valence-electron chi connectivity index (χ4n) is 1.75. The van der Waals surface area contributed by atoms with Gasteiger partial charge in [-0.3, -0.25) is 0 Å². The van der Waals surface area contributed by atoms with Gasteiger partial charge in [0.25, 0.3) is 0 Å². The summed E-state index contributed by atoms with van der Waals surface area (Å²) in [5.41, 5.74) is 0.836. The second-order valence-corrected chi connectivity index (χ2v) is 4.12. The predicted octanol–water partition coefficient (Wildman–Crippen LogP) is 1.80. The summed E-state index contributed by atoms with van der Waals surface area (Å²) in [6.07, 6.45) is 1.21. The summed E-state index contributed by atoms with van der Waals surface area (Å²) in [4.78, 5) is 18.5. The van der Waals surface area contributed by atoms with Crippen LogP contribution in [0.25, 0.3) is 0 Å². The van der Waals surface area contributed by atoms with Gasteiger partial charge in [0.05, 0.1) is 14.2 Å². The van der Waals surface area contributed by atoms with Gasteiger partial charge in [-0.25, -0.2) is 14.8 Å². The van der Waals surface area contributed by atoms with E-state index in [-0.39, 0.29) is 5.69 Å². The maximum Gasteiger partial charge on any atom is 0.354 e. The van der Waals surface area contributed by atoms with Gasteiger partial charge >= 0.3 is 5.97 Å². The van der Waals surface area contributed by atoms with E-state index in [0.29, 0.717) is 23.9 Å². The molecule has 0 spiro atoms. The molecule has 7 heteroatoms. The van der Waals surface area contributed by atoms with E-state index >= 15 is 0 Å². The van der Waals surface area contributed by atoms with E-state index < -0.39 is 5.97 Å². The minimum atomic E-state index is -1.09. The van der Waals surface area contributed by atoms with Crippen LogP contribution in [-0.4, -0.2) is 35.3 Å². The van der Waals surface area contributed by atoms with E-state index in [1.807, 2.05) is 12.1 Å². The predicted molar refractivity (Wildman–Crippen MR) is 75.9 cm³/mol. The number of ether oxygens (including phenoxy) is 2.